The Morgan fingerprint density at radius 2 is 2.22 bits per heavy atom. The highest BCUT2D eigenvalue weighted by molar-refractivity contribution is 7.83. The molecule has 1 aliphatic heterocycles. The number of hydrogen-bond acceptors (Lipinski definition) is 4. The number of hydrogen-bond donors (Lipinski definition) is 0. The average molecular weight is 182 g/mol. The molecule has 48 valence electrons. The van der Waals surface area contributed by atoms with E-state index in [-0.39, 0.29) is 5.17 Å². The van der Waals surface area contributed by atoms with Crippen molar-refractivity contribution in [2.75, 3.05) is 0 Å². The molecule has 1 unspecified atom stereocenters. The summed E-state index contributed by atoms with van der Waals surface area (Å²) >= 11 is 15.6. The van der Waals surface area contributed by atoms with Crippen molar-refractivity contribution in [1.29, 1.82) is 0 Å². The lowest BCUT2D eigenvalue weighted by atomic mass is 10.4. The molecule has 0 saturated carbocycles. The van der Waals surface area contributed by atoms with Crippen LogP contribution in [0.5, 0.6) is 0 Å². The van der Waals surface area contributed by atoms with Crippen LogP contribution in [-0.4, -0.2) is 15.5 Å². The minimum atomic E-state index is -0.620. The van der Waals surface area contributed by atoms with E-state index in [9.17, 15) is 0 Å². The molecule has 0 spiro atoms. The van der Waals surface area contributed by atoms with Gasteiger partial charge >= 0.3 is 0 Å². The van der Waals surface area contributed by atoms with E-state index in [0.29, 0.717) is 4.86 Å². The van der Waals surface area contributed by atoms with Crippen molar-refractivity contribution in [1.82, 2.24) is 0 Å². The van der Waals surface area contributed by atoms with Gasteiger partial charge in [-0.1, -0.05) is 35.4 Å². The van der Waals surface area contributed by atoms with Crippen molar-refractivity contribution < 1.29 is 0 Å². The summed E-state index contributed by atoms with van der Waals surface area (Å²) in [6.07, 6.45) is 0. The third-order valence-corrected chi connectivity index (χ3v) is 1.95. The minimum absolute atomic E-state index is 0.153. The zero-order valence-electron chi connectivity index (χ0n) is 4.08. The number of nitrogens with zero attached hydrogens (tertiary/aromatic N) is 3. The van der Waals surface area contributed by atoms with E-state index in [2.05, 4.69) is 15.4 Å². The van der Waals surface area contributed by atoms with Gasteiger partial charge in [0.1, 0.15) is 0 Å². The molecule has 1 aliphatic rings. The Morgan fingerprint density at radius 3 is 2.67 bits per heavy atom. The fraction of sp³-hybridized carbons (Fsp3) is 0.333. The number of alkyl halides is 1. The van der Waals surface area contributed by atoms with E-state index in [1.54, 1.807) is 0 Å². The lowest BCUT2D eigenvalue weighted by Gasteiger charge is -2.03. The van der Waals surface area contributed by atoms with E-state index in [0.717, 1.165) is 0 Å². The molecule has 0 bridgehead atoms. The van der Waals surface area contributed by atoms with Gasteiger partial charge < -0.3 is 0 Å². The molecule has 0 amide bonds. The zero-order chi connectivity index (χ0) is 6.85. The molecular formula is C3HCl2N3S. The molecular weight excluding hydrogens is 181 g/mol. The largest absolute Gasteiger partial charge is 0.184 e. The second kappa shape index (κ2) is 2.68. The first-order valence-electron chi connectivity index (χ1n) is 2.03. The first-order chi connectivity index (χ1) is 4.22. The highest BCUT2D eigenvalue weighted by Crippen LogP contribution is 2.11. The molecule has 0 N–H and O–H groups in total. The predicted octanol–water partition coefficient (Wildman–Crippen LogP) is 1.94. The molecule has 0 aromatic rings. The fourth-order valence-corrected chi connectivity index (χ4v) is 0.734. The highest BCUT2D eigenvalue weighted by Gasteiger charge is 2.17. The monoisotopic (exact) mass is 181 g/mol. The minimum Gasteiger partial charge on any atom is -0.143 e. The van der Waals surface area contributed by atoms with Crippen LogP contribution in [-0.2, 0) is 0 Å². The van der Waals surface area contributed by atoms with Crippen molar-refractivity contribution in [2.45, 2.75) is 5.50 Å². The van der Waals surface area contributed by atoms with Gasteiger partial charge in [0.25, 0.3) is 0 Å². The summed E-state index contributed by atoms with van der Waals surface area (Å²) < 4.78 is 0. The number of halogens is 2. The van der Waals surface area contributed by atoms with Gasteiger partial charge in [-0.15, -0.1) is 10.2 Å². The van der Waals surface area contributed by atoms with E-state index in [1.165, 1.54) is 0 Å². The summed E-state index contributed by atoms with van der Waals surface area (Å²) in [6, 6.07) is 0. The highest BCUT2D eigenvalue weighted by atomic mass is 35.5. The molecule has 0 fully saturated rings. The molecule has 1 heterocycles. The summed E-state index contributed by atoms with van der Waals surface area (Å²) in [6.45, 7) is 0. The zero-order valence-corrected chi connectivity index (χ0v) is 6.41. The SMILES string of the molecule is S=C1C(Cl)=NN=NC1Cl. The van der Waals surface area contributed by atoms with Crippen LogP contribution in [0, 0.1) is 0 Å². The summed E-state index contributed by atoms with van der Waals surface area (Å²) in [5, 5.41) is 10.2. The molecule has 0 saturated heterocycles. The molecule has 6 heteroatoms. The van der Waals surface area contributed by atoms with Crippen LogP contribution in [0.1, 0.15) is 0 Å². The Morgan fingerprint density at radius 1 is 1.56 bits per heavy atom. The molecule has 0 radical (unpaired) electrons. The van der Waals surface area contributed by atoms with Crippen LogP contribution >= 0.6 is 35.4 Å². The molecule has 0 aromatic carbocycles. The van der Waals surface area contributed by atoms with Crippen molar-refractivity contribution >= 4 is 45.5 Å². The maximum absolute atomic E-state index is 5.50. The molecule has 1 atom stereocenters. The lowest BCUT2D eigenvalue weighted by molar-refractivity contribution is 0.943. The van der Waals surface area contributed by atoms with Gasteiger partial charge in [-0.2, -0.15) is 0 Å². The normalized spacial score (nSPS) is 26.2. The Balaban J connectivity index is 2.86. The van der Waals surface area contributed by atoms with Crippen molar-refractivity contribution in [3.63, 3.8) is 0 Å². The first-order valence-corrected chi connectivity index (χ1v) is 3.25. The van der Waals surface area contributed by atoms with Crippen LogP contribution < -0.4 is 0 Å². The van der Waals surface area contributed by atoms with Gasteiger partial charge in [0, 0.05) is 0 Å². The van der Waals surface area contributed by atoms with Crippen LogP contribution in [0.2, 0.25) is 0 Å². The standard InChI is InChI=1S/C3HCl2N3S/c4-2-1(9)3(5)7-8-6-2/h2H. The summed E-state index contributed by atoms with van der Waals surface area (Å²) in [5.41, 5.74) is -0.620. The third kappa shape index (κ3) is 1.44. The van der Waals surface area contributed by atoms with Crippen LogP contribution in [0.15, 0.2) is 15.4 Å². The first kappa shape index (κ1) is 7.05. The van der Waals surface area contributed by atoms with Crippen molar-refractivity contribution in [3.8, 4) is 0 Å². The lowest BCUT2D eigenvalue weighted by Crippen LogP contribution is -2.18. The van der Waals surface area contributed by atoms with Gasteiger partial charge in [0.15, 0.2) is 10.7 Å². The topological polar surface area (TPSA) is 37.1 Å². The van der Waals surface area contributed by atoms with Crippen molar-refractivity contribution in [2.24, 2.45) is 15.4 Å². The van der Waals surface area contributed by atoms with Crippen LogP contribution in [0.25, 0.3) is 0 Å². The quantitative estimate of drug-likeness (QED) is 0.320. The second-order valence-electron chi connectivity index (χ2n) is 1.30. The smallest absolute Gasteiger partial charge is 0.143 e. The summed E-state index contributed by atoms with van der Waals surface area (Å²) in [4.78, 5) is 0.327. The Hall–Kier alpha value is -0.0600. The maximum atomic E-state index is 5.50. The van der Waals surface area contributed by atoms with Gasteiger partial charge in [-0.3, -0.25) is 0 Å². The van der Waals surface area contributed by atoms with Gasteiger partial charge in [-0.05, 0) is 5.22 Å². The fourth-order valence-electron chi connectivity index (χ4n) is 0.310. The van der Waals surface area contributed by atoms with Crippen molar-refractivity contribution in [3.05, 3.63) is 0 Å². The molecule has 3 nitrogen and oxygen atoms in total. The summed E-state index contributed by atoms with van der Waals surface area (Å²) in [7, 11) is 0. The van der Waals surface area contributed by atoms with E-state index < -0.39 is 5.50 Å². The average Bonchev–Trinajstić information content (AvgIpc) is 1.83. The van der Waals surface area contributed by atoms with Crippen LogP contribution in [0.4, 0.5) is 0 Å². The van der Waals surface area contributed by atoms with E-state index >= 15 is 0 Å². The Labute approximate surface area is 66.7 Å². The van der Waals surface area contributed by atoms with E-state index in [1.807, 2.05) is 0 Å². The molecule has 1 rings (SSSR count). The number of rotatable bonds is 0. The second-order valence-corrected chi connectivity index (χ2v) is 2.51. The van der Waals surface area contributed by atoms with Gasteiger partial charge in [0.2, 0.25) is 0 Å². The summed E-state index contributed by atoms with van der Waals surface area (Å²) in [5.74, 6) is 0. The van der Waals surface area contributed by atoms with E-state index in [4.69, 9.17) is 35.4 Å². The van der Waals surface area contributed by atoms with Gasteiger partial charge in [0.05, 0.1) is 4.86 Å². The molecule has 0 aliphatic carbocycles. The Kier molecular flexibility index (Phi) is 2.10. The van der Waals surface area contributed by atoms with Crippen LogP contribution in [0.3, 0.4) is 0 Å². The Bertz CT molecular complexity index is 199. The maximum Gasteiger partial charge on any atom is 0.184 e. The van der Waals surface area contributed by atoms with Gasteiger partial charge in [-0.25, -0.2) is 0 Å². The number of thiocarbonyl (C=S) groups is 1. The predicted molar refractivity (Wildman–Crippen MR) is 40.4 cm³/mol. The third-order valence-electron chi connectivity index (χ3n) is 0.705. The molecule has 0 aromatic heterocycles. The molecule has 9 heavy (non-hydrogen) atoms.